The molecule has 3 aromatic rings. The molecule has 0 saturated heterocycles. The maximum Gasteiger partial charge on any atom is 0.338 e. The summed E-state index contributed by atoms with van der Waals surface area (Å²) < 4.78 is 0. The molecule has 0 aliphatic carbocycles. The largest absolute Gasteiger partial charge is 0.478 e. The number of aromatic carboxylic acids is 1. The second-order valence-electron chi connectivity index (χ2n) is 4.90. The van der Waals surface area contributed by atoms with Gasteiger partial charge in [-0.25, -0.2) is 14.8 Å². The number of thiazole rings is 1. The first-order valence-electron chi connectivity index (χ1n) is 7.25. The van der Waals surface area contributed by atoms with E-state index < -0.39 is 5.97 Å². The van der Waals surface area contributed by atoms with E-state index in [9.17, 15) is 9.59 Å². The number of benzene rings is 1. The molecule has 25 heavy (non-hydrogen) atoms. The van der Waals surface area contributed by atoms with E-state index in [0.717, 1.165) is 23.0 Å². The number of carbonyl (C=O) groups excluding carboxylic acids is 1. The molecule has 0 spiro atoms. The lowest BCUT2D eigenvalue weighted by Gasteiger charge is -2.04. The van der Waals surface area contributed by atoms with Gasteiger partial charge in [-0.15, -0.1) is 11.3 Å². The van der Waals surface area contributed by atoms with Gasteiger partial charge in [-0.3, -0.25) is 4.79 Å². The van der Waals surface area contributed by atoms with Crippen molar-refractivity contribution in [3.63, 3.8) is 0 Å². The number of carbonyl (C=O) groups is 2. The van der Waals surface area contributed by atoms with E-state index in [4.69, 9.17) is 5.11 Å². The molecule has 126 valence electrons. The predicted octanol–water partition coefficient (Wildman–Crippen LogP) is 3.63. The number of aromatic nitrogens is 2. The highest BCUT2D eigenvalue weighted by molar-refractivity contribution is 8.00. The summed E-state index contributed by atoms with van der Waals surface area (Å²) >= 11 is 2.42. The van der Waals surface area contributed by atoms with Crippen molar-refractivity contribution >= 4 is 40.1 Å². The SMILES string of the molecule is O=C(CSc1ncccc1C(=O)O)Nc1nc(-c2ccccc2)cs1. The van der Waals surface area contributed by atoms with Crippen molar-refractivity contribution in [3.05, 3.63) is 59.6 Å². The van der Waals surface area contributed by atoms with Gasteiger partial charge < -0.3 is 10.4 Å². The molecule has 8 heteroatoms. The van der Waals surface area contributed by atoms with Gasteiger partial charge in [-0.2, -0.15) is 0 Å². The van der Waals surface area contributed by atoms with Crippen molar-refractivity contribution in [2.45, 2.75) is 5.03 Å². The molecule has 0 fully saturated rings. The van der Waals surface area contributed by atoms with Crippen LogP contribution in [0.3, 0.4) is 0 Å². The minimum atomic E-state index is -1.07. The summed E-state index contributed by atoms with van der Waals surface area (Å²) in [4.78, 5) is 31.6. The number of thioether (sulfide) groups is 1. The summed E-state index contributed by atoms with van der Waals surface area (Å²) in [7, 11) is 0. The smallest absolute Gasteiger partial charge is 0.338 e. The van der Waals surface area contributed by atoms with Gasteiger partial charge in [0, 0.05) is 17.1 Å². The summed E-state index contributed by atoms with van der Waals surface area (Å²) in [6.45, 7) is 0. The van der Waals surface area contributed by atoms with Crippen LogP contribution in [0, 0.1) is 0 Å². The third-order valence-electron chi connectivity index (χ3n) is 3.16. The number of hydrogen-bond acceptors (Lipinski definition) is 6. The summed E-state index contributed by atoms with van der Waals surface area (Å²) in [6, 6.07) is 12.7. The average Bonchev–Trinajstić information content (AvgIpc) is 3.09. The van der Waals surface area contributed by atoms with Crippen molar-refractivity contribution in [2.75, 3.05) is 11.1 Å². The van der Waals surface area contributed by atoms with Crippen LogP contribution in [0.1, 0.15) is 10.4 Å². The highest BCUT2D eigenvalue weighted by Gasteiger charge is 2.14. The molecule has 3 rings (SSSR count). The Bertz CT molecular complexity index is 897. The topological polar surface area (TPSA) is 92.2 Å². The quantitative estimate of drug-likeness (QED) is 0.643. The van der Waals surface area contributed by atoms with Gasteiger partial charge in [0.2, 0.25) is 5.91 Å². The summed E-state index contributed by atoms with van der Waals surface area (Å²) in [5, 5.41) is 14.5. The van der Waals surface area contributed by atoms with Crippen molar-refractivity contribution in [1.29, 1.82) is 0 Å². The molecule has 2 heterocycles. The summed E-state index contributed by atoms with van der Waals surface area (Å²) in [6.07, 6.45) is 1.50. The zero-order valence-corrected chi connectivity index (χ0v) is 14.5. The molecule has 0 radical (unpaired) electrons. The van der Waals surface area contributed by atoms with Gasteiger partial charge in [-0.1, -0.05) is 42.1 Å². The van der Waals surface area contributed by atoms with Crippen LogP contribution in [0.25, 0.3) is 11.3 Å². The summed E-state index contributed by atoms with van der Waals surface area (Å²) in [5.74, 6) is -1.28. The Morgan fingerprint density at radius 2 is 1.96 bits per heavy atom. The Morgan fingerprint density at radius 3 is 2.72 bits per heavy atom. The van der Waals surface area contributed by atoms with E-state index in [1.807, 2.05) is 35.7 Å². The van der Waals surface area contributed by atoms with Crippen LogP contribution in [0.5, 0.6) is 0 Å². The van der Waals surface area contributed by atoms with E-state index in [0.29, 0.717) is 10.2 Å². The van der Waals surface area contributed by atoms with Crippen LogP contribution >= 0.6 is 23.1 Å². The first-order valence-corrected chi connectivity index (χ1v) is 9.12. The van der Waals surface area contributed by atoms with Crippen molar-refractivity contribution in [1.82, 2.24) is 9.97 Å². The number of nitrogens with zero attached hydrogens (tertiary/aromatic N) is 2. The molecular weight excluding hydrogens is 358 g/mol. The molecule has 0 aliphatic rings. The minimum Gasteiger partial charge on any atom is -0.478 e. The maximum absolute atomic E-state index is 12.1. The number of amides is 1. The number of carboxylic acid groups (broad SMARTS) is 1. The van der Waals surface area contributed by atoms with Gasteiger partial charge in [0.25, 0.3) is 0 Å². The molecule has 2 aromatic heterocycles. The maximum atomic E-state index is 12.1. The predicted molar refractivity (Wildman–Crippen MR) is 98.1 cm³/mol. The first-order chi connectivity index (χ1) is 12.1. The van der Waals surface area contributed by atoms with E-state index in [2.05, 4.69) is 15.3 Å². The fraction of sp³-hybridized carbons (Fsp3) is 0.0588. The molecule has 6 nitrogen and oxygen atoms in total. The van der Waals surface area contributed by atoms with E-state index >= 15 is 0 Å². The second-order valence-corrected chi connectivity index (χ2v) is 6.72. The van der Waals surface area contributed by atoms with Crippen LogP contribution in [0.15, 0.2) is 59.1 Å². The molecule has 2 N–H and O–H groups in total. The van der Waals surface area contributed by atoms with Crippen molar-refractivity contribution in [2.24, 2.45) is 0 Å². The van der Waals surface area contributed by atoms with Crippen molar-refractivity contribution < 1.29 is 14.7 Å². The van der Waals surface area contributed by atoms with Crippen LogP contribution in [-0.4, -0.2) is 32.7 Å². The van der Waals surface area contributed by atoms with E-state index in [-0.39, 0.29) is 17.2 Å². The van der Waals surface area contributed by atoms with Crippen molar-refractivity contribution in [3.8, 4) is 11.3 Å². The second kappa shape index (κ2) is 7.91. The Balaban J connectivity index is 1.61. The highest BCUT2D eigenvalue weighted by Crippen LogP contribution is 2.25. The van der Waals surface area contributed by atoms with Crippen LogP contribution in [0.4, 0.5) is 5.13 Å². The summed E-state index contributed by atoms with van der Waals surface area (Å²) in [5.41, 5.74) is 1.86. The van der Waals surface area contributed by atoms with Gasteiger partial charge in [0.05, 0.1) is 17.0 Å². The van der Waals surface area contributed by atoms with E-state index in [1.165, 1.54) is 23.6 Å². The number of rotatable bonds is 6. The molecular formula is C17H13N3O3S2. The average molecular weight is 371 g/mol. The molecule has 0 aliphatic heterocycles. The molecule has 0 unspecified atom stereocenters. The van der Waals surface area contributed by atoms with Gasteiger partial charge >= 0.3 is 5.97 Å². The van der Waals surface area contributed by atoms with Gasteiger partial charge in [0.15, 0.2) is 5.13 Å². The van der Waals surface area contributed by atoms with Crippen LogP contribution < -0.4 is 5.32 Å². The Labute approximate surface area is 152 Å². The Hall–Kier alpha value is -2.71. The number of hydrogen-bond donors (Lipinski definition) is 2. The first kappa shape index (κ1) is 17.1. The molecule has 0 bridgehead atoms. The zero-order chi connectivity index (χ0) is 17.6. The van der Waals surface area contributed by atoms with Crippen LogP contribution in [-0.2, 0) is 4.79 Å². The standard InChI is InChI=1S/C17H13N3O3S2/c21-14(10-24-15-12(16(22)23)7-4-8-18-15)20-17-19-13(9-25-17)11-5-2-1-3-6-11/h1-9H,10H2,(H,22,23)(H,19,20,21). The minimum absolute atomic E-state index is 0.0531. The normalized spacial score (nSPS) is 10.4. The lowest BCUT2D eigenvalue weighted by atomic mass is 10.2. The molecule has 1 aromatic carbocycles. The number of pyridine rings is 1. The fourth-order valence-corrected chi connectivity index (χ4v) is 3.55. The molecule has 1 amide bonds. The molecule has 0 atom stereocenters. The number of anilines is 1. The third-order valence-corrected chi connectivity index (χ3v) is 4.92. The lowest BCUT2D eigenvalue weighted by Crippen LogP contribution is -2.14. The zero-order valence-electron chi connectivity index (χ0n) is 12.9. The fourth-order valence-electron chi connectivity index (χ4n) is 2.03. The Kier molecular flexibility index (Phi) is 5.42. The monoisotopic (exact) mass is 371 g/mol. The van der Waals surface area contributed by atoms with E-state index in [1.54, 1.807) is 6.07 Å². The van der Waals surface area contributed by atoms with Crippen LogP contribution in [0.2, 0.25) is 0 Å². The number of carboxylic acids is 1. The third kappa shape index (κ3) is 4.43. The van der Waals surface area contributed by atoms with Gasteiger partial charge in [-0.05, 0) is 12.1 Å². The number of nitrogens with one attached hydrogen (secondary N) is 1. The van der Waals surface area contributed by atoms with Gasteiger partial charge in [0.1, 0.15) is 5.03 Å². The lowest BCUT2D eigenvalue weighted by molar-refractivity contribution is -0.113. The highest BCUT2D eigenvalue weighted by atomic mass is 32.2. The Morgan fingerprint density at radius 1 is 1.16 bits per heavy atom. The molecule has 0 saturated carbocycles.